The second-order valence-electron chi connectivity index (χ2n) is 4.74. The molecular weight excluding hydrogens is 292 g/mol. The Labute approximate surface area is 125 Å². The van der Waals surface area contributed by atoms with Gasteiger partial charge in [0.25, 0.3) is 0 Å². The van der Waals surface area contributed by atoms with Gasteiger partial charge in [-0.3, -0.25) is 4.79 Å². The van der Waals surface area contributed by atoms with Gasteiger partial charge in [-0.05, 0) is 31.4 Å². The Morgan fingerprint density at radius 1 is 1.19 bits per heavy atom. The highest BCUT2D eigenvalue weighted by Crippen LogP contribution is 2.06. The second-order valence-corrected chi connectivity index (χ2v) is 6.50. The molecule has 0 heterocycles. The number of nitrogens with zero attached hydrogens (tertiary/aromatic N) is 1. The predicted molar refractivity (Wildman–Crippen MR) is 80.2 cm³/mol. The Morgan fingerprint density at radius 3 is 2.48 bits per heavy atom. The molecule has 0 aliphatic carbocycles. The molecule has 0 fully saturated rings. The number of amides is 1. The average Bonchev–Trinajstić information content (AvgIpc) is 2.50. The Kier molecular flexibility index (Phi) is 7.35. The van der Waals surface area contributed by atoms with E-state index in [9.17, 15) is 13.2 Å². The third kappa shape index (κ3) is 6.24. The molecule has 0 unspecified atom stereocenters. The highest BCUT2D eigenvalue weighted by atomic mass is 32.2. The third-order valence-electron chi connectivity index (χ3n) is 3.04. The zero-order valence-electron chi connectivity index (χ0n) is 12.2. The van der Waals surface area contributed by atoms with Crippen LogP contribution in [0.15, 0.2) is 35.2 Å². The van der Waals surface area contributed by atoms with Crippen LogP contribution < -0.4 is 4.72 Å². The molecule has 1 aromatic rings. The van der Waals surface area contributed by atoms with Crippen molar-refractivity contribution in [1.29, 1.82) is 0 Å². The standard InChI is InChI=1S/C14H22N2O4S/c1-16(10-6-3-7-11-17)14(18)12-15-21(19,20)13-8-4-2-5-9-13/h2,4-5,8-9,15,17H,3,6-7,10-12H2,1H3. The highest BCUT2D eigenvalue weighted by Gasteiger charge is 2.16. The lowest BCUT2D eigenvalue weighted by Crippen LogP contribution is -2.38. The maximum absolute atomic E-state index is 11.9. The van der Waals surface area contributed by atoms with Gasteiger partial charge in [-0.2, -0.15) is 0 Å². The number of aliphatic hydroxyl groups excluding tert-OH is 1. The molecule has 0 aliphatic heterocycles. The van der Waals surface area contributed by atoms with Gasteiger partial charge in [-0.1, -0.05) is 18.2 Å². The molecular formula is C14H22N2O4S. The van der Waals surface area contributed by atoms with E-state index in [1.165, 1.54) is 17.0 Å². The first kappa shape index (κ1) is 17.6. The van der Waals surface area contributed by atoms with Crippen molar-refractivity contribution in [2.75, 3.05) is 26.7 Å². The van der Waals surface area contributed by atoms with E-state index in [0.29, 0.717) is 13.0 Å². The van der Waals surface area contributed by atoms with Gasteiger partial charge in [0.2, 0.25) is 15.9 Å². The molecule has 6 nitrogen and oxygen atoms in total. The molecule has 1 amide bonds. The number of nitrogens with one attached hydrogen (secondary N) is 1. The molecule has 0 bridgehead atoms. The first-order valence-electron chi connectivity index (χ1n) is 6.87. The minimum Gasteiger partial charge on any atom is -0.396 e. The van der Waals surface area contributed by atoms with E-state index in [1.807, 2.05) is 0 Å². The fourth-order valence-electron chi connectivity index (χ4n) is 1.74. The molecule has 0 aliphatic rings. The molecule has 0 aromatic heterocycles. The van der Waals surface area contributed by atoms with E-state index in [-0.39, 0.29) is 24.0 Å². The van der Waals surface area contributed by atoms with Crippen molar-refractivity contribution >= 4 is 15.9 Å². The van der Waals surface area contributed by atoms with Crippen molar-refractivity contribution in [2.45, 2.75) is 24.2 Å². The number of benzene rings is 1. The number of hydrogen-bond acceptors (Lipinski definition) is 4. The zero-order chi connectivity index (χ0) is 15.7. The summed E-state index contributed by atoms with van der Waals surface area (Å²) < 4.78 is 26.2. The monoisotopic (exact) mass is 314 g/mol. The molecule has 0 radical (unpaired) electrons. The Hall–Kier alpha value is -1.44. The normalized spacial score (nSPS) is 11.3. The summed E-state index contributed by atoms with van der Waals surface area (Å²) >= 11 is 0. The summed E-state index contributed by atoms with van der Waals surface area (Å²) in [4.78, 5) is 13.5. The van der Waals surface area contributed by atoms with Crippen molar-refractivity contribution < 1.29 is 18.3 Å². The Balaban J connectivity index is 2.42. The minimum atomic E-state index is -3.65. The van der Waals surface area contributed by atoms with Gasteiger partial charge in [0, 0.05) is 20.2 Å². The Morgan fingerprint density at radius 2 is 1.86 bits per heavy atom. The molecule has 7 heteroatoms. The largest absolute Gasteiger partial charge is 0.396 e. The summed E-state index contributed by atoms with van der Waals surface area (Å²) in [5, 5.41) is 8.67. The predicted octanol–water partition coefficient (Wildman–Crippen LogP) is 0.586. The molecule has 1 aromatic carbocycles. The number of unbranched alkanes of at least 4 members (excludes halogenated alkanes) is 2. The summed E-state index contributed by atoms with van der Waals surface area (Å²) in [5.74, 6) is -0.279. The van der Waals surface area contributed by atoms with Crippen molar-refractivity contribution in [3.8, 4) is 0 Å². The van der Waals surface area contributed by atoms with E-state index in [0.717, 1.165) is 12.8 Å². The van der Waals surface area contributed by atoms with Crippen LogP contribution >= 0.6 is 0 Å². The summed E-state index contributed by atoms with van der Waals surface area (Å²) in [6.07, 6.45) is 2.33. The molecule has 0 atom stereocenters. The quantitative estimate of drug-likeness (QED) is 0.653. The van der Waals surface area contributed by atoms with Crippen LogP contribution in [0.25, 0.3) is 0 Å². The lowest BCUT2D eigenvalue weighted by atomic mass is 10.2. The number of likely N-dealkylation sites (N-methyl/N-ethyl adjacent to an activating group) is 1. The fraction of sp³-hybridized carbons (Fsp3) is 0.500. The zero-order valence-corrected chi connectivity index (χ0v) is 13.0. The van der Waals surface area contributed by atoms with Gasteiger partial charge in [0.1, 0.15) is 0 Å². The number of rotatable bonds is 9. The summed E-state index contributed by atoms with van der Waals surface area (Å²) in [6, 6.07) is 7.94. The van der Waals surface area contributed by atoms with E-state index >= 15 is 0 Å². The molecule has 0 saturated heterocycles. The van der Waals surface area contributed by atoms with E-state index in [4.69, 9.17) is 5.11 Å². The molecule has 0 saturated carbocycles. The van der Waals surface area contributed by atoms with Gasteiger partial charge in [0.05, 0.1) is 11.4 Å². The van der Waals surface area contributed by atoms with Crippen LogP contribution in [0.4, 0.5) is 0 Å². The number of carbonyl (C=O) groups is 1. The highest BCUT2D eigenvalue weighted by molar-refractivity contribution is 7.89. The SMILES string of the molecule is CN(CCCCCO)C(=O)CNS(=O)(=O)c1ccccc1. The van der Waals surface area contributed by atoms with Crippen molar-refractivity contribution in [3.05, 3.63) is 30.3 Å². The molecule has 21 heavy (non-hydrogen) atoms. The third-order valence-corrected chi connectivity index (χ3v) is 4.46. The summed E-state index contributed by atoms with van der Waals surface area (Å²) in [5.41, 5.74) is 0. The molecule has 0 spiro atoms. The van der Waals surface area contributed by atoms with Crippen LogP contribution in [-0.2, 0) is 14.8 Å². The summed E-state index contributed by atoms with van der Waals surface area (Å²) in [7, 11) is -2.01. The van der Waals surface area contributed by atoms with E-state index in [2.05, 4.69) is 4.72 Å². The topological polar surface area (TPSA) is 86.7 Å². The lowest BCUT2D eigenvalue weighted by Gasteiger charge is -2.17. The first-order valence-corrected chi connectivity index (χ1v) is 8.35. The van der Waals surface area contributed by atoms with Gasteiger partial charge < -0.3 is 10.0 Å². The number of sulfonamides is 1. The molecule has 2 N–H and O–H groups in total. The van der Waals surface area contributed by atoms with Crippen LogP contribution in [0.1, 0.15) is 19.3 Å². The van der Waals surface area contributed by atoms with Gasteiger partial charge in [-0.15, -0.1) is 0 Å². The second kappa shape index (κ2) is 8.76. The van der Waals surface area contributed by atoms with Crippen LogP contribution in [0.5, 0.6) is 0 Å². The van der Waals surface area contributed by atoms with Crippen molar-refractivity contribution in [2.24, 2.45) is 0 Å². The number of hydrogen-bond donors (Lipinski definition) is 2. The summed E-state index contributed by atoms with van der Waals surface area (Å²) in [6.45, 7) is 0.439. The van der Waals surface area contributed by atoms with Crippen molar-refractivity contribution in [1.82, 2.24) is 9.62 Å². The van der Waals surface area contributed by atoms with E-state index in [1.54, 1.807) is 25.2 Å². The smallest absolute Gasteiger partial charge is 0.241 e. The Bertz CT molecular complexity index is 531. The molecule has 1 rings (SSSR count). The fourth-order valence-corrected chi connectivity index (χ4v) is 2.73. The van der Waals surface area contributed by atoms with Crippen LogP contribution in [0.2, 0.25) is 0 Å². The van der Waals surface area contributed by atoms with Crippen LogP contribution in [0, 0.1) is 0 Å². The first-order chi connectivity index (χ1) is 9.97. The maximum Gasteiger partial charge on any atom is 0.241 e. The van der Waals surface area contributed by atoms with Crippen LogP contribution in [-0.4, -0.2) is 51.1 Å². The van der Waals surface area contributed by atoms with Crippen molar-refractivity contribution in [3.63, 3.8) is 0 Å². The van der Waals surface area contributed by atoms with Gasteiger partial charge in [0.15, 0.2) is 0 Å². The van der Waals surface area contributed by atoms with Gasteiger partial charge >= 0.3 is 0 Å². The van der Waals surface area contributed by atoms with Gasteiger partial charge in [-0.25, -0.2) is 13.1 Å². The lowest BCUT2D eigenvalue weighted by molar-refractivity contribution is -0.128. The van der Waals surface area contributed by atoms with Crippen LogP contribution in [0.3, 0.4) is 0 Å². The average molecular weight is 314 g/mol. The minimum absolute atomic E-state index is 0.142. The van der Waals surface area contributed by atoms with E-state index < -0.39 is 10.0 Å². The maximum atomic E-state index is 11.9. The number of carbonyl (C=O) groups excluding carboxylic acids is 1. The number of aliphatic hydroxyl groups is 1. The molecule has 118 valence electrons.